The molecule has 8 nitrogen and oxygen atoms in total. The monoisotopic (exact) mass is 350 g/mol. The number of carboxylic acids is 1. The van der Waals surface area contributed by atoms with Crippen LogP contribution in [0.5, 0.6) is 0 Å². The van der Waals surface area contributed by atoms with Crippen molar-refractivity contribution < 1.29 is 29.0 Å². The predicted molar refractivity (Wildman–Crippen MR) is 88.8 cm³/mol. The maximum Gasteiger partial charge on any atom is 0.326 e. The molecule has 0 radical (unpaired) electrons. The summed E-state index contributed by atoms with van der Waals surface area (Å²) < 4.78 is 4.77. The van der Waals surface area contributed by atoms with E-state index in [-0.39, 0.29) is 19.6 Å². The van der Waals surface area contributed by atoms with Crippen molar-refractivity contribution in [1.82, 2.24) is 10.6 Å². The van der Waals surface area contributed by atoms with E-state index in [4.69, 9.17) is 4.74 Å². The second-order valence-electron chi connectivity index (χ2n) is 5.42. The normalized spacial score (nSPS) is 12.6. The van der Waals surface area contributed by atoms with Gasteiger partial charge in [-0.3, -0.25) is 14.4 Å². The number of aliphatic carboxylic acids is 1. The van der Waals surface area contributed by atoms with Gasteiger partial charge in [0.1, 0.15) is 6.04 Å². The zero-order chi connectivity index (χ0) is 18.8. The molecule has 2 atom stereocenters. The number of hydrogen-bond acceptors (Lipinski definition) is 5. The van der Waals surface area contributed by atoms with E-state index in [0.29, 0.717) is 5.56 Å². The molecule has 0 saturated heterocycles. The number of amides is 2. The predicted octanol–water partition coefficient (Wildman–Crippen LogP) is 0.575. The molecule has 0 aliphatic carbocycles. The van der Waals surface area contributed by atoms with Gasteiger partial charge in [-0.1, -0.05) is 25.1 Å². The highest BCUT2D eigenvalue weighted by molar-refractivity contribution is 5.96. The third-order valence-electron chi connectivity index (χ3n) is 3.39. The standard InChI is InChI=1S/C17H22N2O6/c1-3-25-14(21)9-11(2)15(17(23)24)19-13(20)10-18-16(22)12-7-5-4-6-8-12/h4-8,11,15H,3,9-10H2,1-2H3,(H,18,22)(H,19,20)(H,23,24)/t11-,15-/m1/s1. The SMILES string of the molecule is CCOC(=O)C[C@@H](C)[C@@H](NC(=O)CNC(=O)c1ccccc1)C(=O)O. The highest BCUT2D eigenvalue weighted by Gasteiger charge is 2.28. The van der Waals surface area contributed by atoms with Crippen molar-refractivity contribution in [3.63, 3.8) is 0 Å². The molecule has 0 saturated carbocycles. The van der Waals surface area contributed by atoms with Crippen LogP contribution in [0, 0.1) is 5.92 Å². The van der Waals surface area contributed by atoms with Crippen LogP contribution in [0.4, 0.5) is 0 Å². The number of hydrogen-bond donors (Lipinski definition) is 3. The minimum Gasteiger partial charge on any atom is -0.480 e. The van der Waals surface area contributed by atoms with Crippen LogP contribution < -0.4 is 10.6 Å². The first-order valence-electron chi connectivity index (χ1n) is 7.86. The maximum absolute atomic E-state index is 11.9. The Morgan fingerprint density at radius 1 is 1.16 bits per heavy atom. The number of nitrogens with one attached hydrogen (secondary N) is 2. The number of carbonyl (C=O) groups excluding carboxylic acids is 3. The third-order valence-corrected chi connectivity index (χ3v) is 3.39. The first kappa shape index (κ1) is 20.1. The van der Waals surface area contributed by atoms with E-state index in [9.17, 15) is 24.3 Å². The van der Waals surface area contributed by atoms with Gasteiger partial charge in [-0.15, -0.1) is 0 Å². The van der Waals surface area contributed by atoms with Gasteiger partial charge in [0.25, 0.3) is 5.91 Å². The van der Waals surface area contributed by atoms with Crippen molar-refractivity contribution in [2.45, 2.75) is 26.3 Å². The lowest BCUT2D eigenvalue weighted by Crippen LogP contribution is -2.49. The lowest BCUT2D eigenvalue weighted by molar-refractivity contribution is -0.147. The Morgan fingerprint density at radius 3 is 2.36 bits per heavy atom. The Hall–Kier alpha value is -2.90. The summed E-state index contributed by atoms with van der Waals surface area (Å²) >= 11 is 0. The Kier molecular flexibility index (Phi) is 8.11. The average Bonchev–Trinajstić information content (AvgIpc) is 2.58. The maximum atomic E-state index is 11.9. The highest BCUT2D eigenvalue weighted by Crippen LogP contribution is 2.10. The molecule has 0 fully saturated rings. The van der Waals surface area contributed by atoms with Gasteiger partial charge in [-0.2, -0.15) is 0 Å². The van der Waals surface area contributed by atoms with E-state index in [1.165, 1.54) is 6.92 Å². The molecule has 0 unspecified atom stereocenters. The number of benzene rings is 1. The molecular weight excluding hydrogens is 328 g/mol. The topological polar surface area (TPSA) is 122 Å². The molecule has 2 amide bonds. The molecule has 0 aromatic heterocycles. The smallest absolute Gasteiger partial charge is 0.326 e. The van der Waals surface area contributed by atoms with Crippen LogP contribution in [0.2, 0.25) is 0 Å². The average molecular weight is 350 g/mol. The number of esters is 1. The zero-order valence-electron chi connectivity index (χ0n) is 14.2. The van der Waals surface area contributed by atoms with Crippen LogP contribution in [0.25, 0.3) is 0 Å². The second-order valence-corrected chi connectivity index (χ2v) is 5.42. The van der Waals surface area contributed by atoms with Gasteiger partial charge in [0, 0.05) is 5.56 Å². The zero-order valence-corrected chi connectivity index (χ0v) is 14.2. The van der Waals surface area contributed by atoms with Gasteiger partial charge in [0.05, 0.1) is 19.6 Å². The van der Waals surface area contributed by atoms with E-state index in [0.717, 1.165) is 0 Å². The van der Waals surface area contributed by atoms with Crippen LogP contribution in [0.3, 0.4) is 0 Å². The van der Waals surface area contributed by atoms with Crippen LogP contribution >= 0.6 is 0 Å². The summed E-state index contributed by atoms with van der Waals surface area (Å²) in [6.45, 7) is 3.00. The Balaban J connectivity index is 2.54. The quantitative estimate of drug-likeness (QED) is 0.560. The van der Waals surface area contributed by atoms with Crippen LogP contribution in [0.15, 0.2) is 30.3 Å². The summed E-state index contributed by atoms with van der Waals surface area (Å²) in [6, 6.07) is 7.06. The summed E-state index contributed by atoms with van der Waals surface area (Å²) in [4.78, 5) is 46.5. The molecule has 0 aliphatic heterocycles. The first-order chi connectivity index (χ1) is 11.8. The van der Waals surface area contributed by atoms with Crippen molar-refractivity contribution in [1.29, 1.82) is 0 Å². The van der Waals surface area contributed by atoms with E-state index in [1.807, 2.05) is 0 Å². The molecule has 136 valence electrons. The Labute approximate surface area is 145 Å². The molecular formula is C17H22N2O6. The molecule has 0 aliphatic rings. The van der Waals surface area contributed by atoms with Crippen molar-refractivity contribution in [3.05, 3.63) is 35.9 Å². The Bertz CT molecular complexity index is 617. The van der Waals surface area contributed by atoms with Gasteiger partial charge in [-0.05, 0) is 25.0 Å². The molecule has 1 rings (SSSR count). The summed E-state index contributed by atoms with van der Waals surface area (Å²) in [5, 5.41) is 14.0. The lowest BCUT2D eigenvalue weighted by Gasteiger charge is -2.20. The van der Waals surface area contributed by atoms with Crippen molar-refractivity contribution in [2.75, 3.05) is 13.2 Å². The molecule has 0 heterocycles. The third kappa shape index (κ3) is 7.03. The Morgan fingerprint density at radius 2 is 1.80 bits per heavy atom. The van der Waals surface area contributed by atoms with E-state index in [1.54, 1.807) is 37.3 Å². The fourth-order valence-electron chi connectivity index (χ4n) is 2.12. The summed E-state index contributed by atoms with van der Waals surface area (Å²) in [5.74, 6) is -3.56. The minimum atomic E-state index is -1.26. The molecule has 0 spiro atoms. The molecule has 8 heteroatoms. The van der Waals surface area contributed by atoms with E-state index >= 15 is 0 Å². The molecule has 25 heavy (non-hydrogen) atoms. The lowest BCUT2D eigenvalue weighted by atomic mass is 9.98. The van der Waals surface area contributed by atoms with Crippen molar-refractivity contribution in [3.8, 4) is 0 Å². The minimum absolute atomic E-state index is 0.137. The van der Waals surface area contributed by atoms with Gasteiger partial charge in [0.15, 0.2) is 0 Å². The fourth-order valence-corrected chi connectivity index (χ4v) is 2.12. The number of rotatable bonds is 9. The summed E-state index contributed by atoms with van der Waals surface area (Å²) in [6.07, 6.45) is -0.137. The fraction of sp³-hybridized carbons (Fsp3) is 0.412. The van der Waals surface area contributed by atoms with Gasteiger partial charge in [0.2, 0.25) is 5.91 Å². The molecule has 0 bridgehead atoms. The van der Waals surface area contributed by atoms with Crippen LogP contribution in [-0.2, 0) is 19.1 Å². The van der Waals surface area contributed by atoms with Gasteiger partial charge in [-0.25, -0.2) is 4.79 Å². The van der Waals surface area contributed by atoms with Crippen molar-refractivity contribution in [2.24, 2.45) is 5.92 Å². The van der Waals surface area contributed by atoms with Gasteiger partial charge >= 0.3 is 11.9 Å². The summed E-state index contributed by atoms with van der Waals surface area (Å²) in [5.41, 5.74) is 0.390. The molecule has 3 N–H and O–H groups in total. The number of ether oxygens (including phenoxy) is 1. The highest BCUT2D eigenvalue weighted by atomic mass is 16.5. The largest absolute Gasteiger partial charge is 0.480 e. The molecule has 1 aromatic rings. The van der Waals surface area contributed by atoms with Crippen LogP contribution in [0.1, 0.15) is 30.6 Å². The van der Waals surface area contributed by atoms with E-state index < -0.39 is 35.7 Å². The van der Waals surface area contributed by atoms with Crippen molar-refractivity contribution >= 4 is 23.8 Å². The summed E-state index contributed by atoms with van der Waals surface area (Å²) in [7, 11) is 0. The second kappa shape index (κ2) is 10.1. The number of carboxylic acid groups (broad SMARTS) is 1. The van der Waals surface area contributed by atoms with Gasteiger partial charge < -0.3 is 20.5 Å². The van der Waals surface area contributed by atoms with Crippen LogP contribution in [-0.4, -0.2) is 48.1 Å². The van der Waals surface area contributed by atoms with E-state index in [2.05, 4.69) is 10.6 Å². The molecule has 1 aromatic carbocycles. The first-order valence-corrected chi connectivity index (χ1v) is 7.86. The number of carbonyl (C=O) groups is 4.